The fourth-order valence-electron chi connectivity index (χ4n) is 2.38. The average Bonchev–Trinajstić information content (AvgIpc) is 2.97. The van der Waals surface area contributed by atoms with E-state index in [9.17, 15) is 9.18 Å². The second-order valence-electron chi connectivity index (χ2n) is 4.53. The summed E-state index contributed by atoms with van der Waals surface area (Å²) in [5, 5.41) is 11.8. The Morgan fingerprint density at radius 2 is 1.90 bits per heavy atom. The van der Waals surface area contributed by atoms with Gasteiger partial charge in [-0.1, -0.05) is 23.3 Å². The molecule has 0 atom stereocenters. The van der Waals surface area contributed by atoms with Gasteiger partial charge in [-0.15, -0.1) is 0 Å². The van der Waals surface area contributed by atoms with E-state index in [1.165, 1.54) is 27.3 Å². The van der Waals surface area contributed by atoms with Crippen molar-refractivity contribution in [3.63, 3.8) is 0 Å². The third kappa shape index (κ3) is 1.64. The molecule has 0 aliphatic rings. The van der Waals surface area contributed by atoms with Crippen molar-refractivity contribution < 1.29 is 4.39 Å². The van der Waals surface area contributed by atoms with Crippen molar-refractivity contribution >= 4 is 16.7 Å². The monoisotopic (exact) mass is 281 g/mol. The molecule has 0 saturated carbocycles. The summed E-state index contributed by atoms with van der Waals surface area (Å²) in [6.45, 7) is 0. The van der Waals surface area contributed by atoms with Gasteiger partial charge in [-0.25, -0.2) is 8.96 Å². The molecule has 0 spiro atoms. The molecule has 2 aromatic heterocycles. The first-order valence-electron chi connectivity index (χ1n) is 6.23. The molecule has 2 aromatic carbocycles. The normalized spacial score (nSPS) is 11.3. The average molecular weight is 281 g/mol. The molecular formula is C14H8FN5O. The quantitative estimate of drug-likeness (QED) is 0.531. The fourth-order valence-corrected chi connectivity index (χ4v) is 2.38. The first-order chi connectivity index (χ1) is 10.3. The Morgan fingerprint density at radius 3 is 2.76 bits per heavy atom. The van der Waals surface area contributed by atoms with Crippen LogP contribution in [0.1, 0.15) is 0 Å². The molecule has 0 N–H and O–H groups in total. The molecule has 4 rings (SSSR count). The second kappa shape index (κ2) is 4.20. The predicted molar refractivity (Wildman–Crippen MR) is 73.8 cm³/mol. The smallest absolute Gasteiger partial charge is 0.267 e. The molecule has 0 bridgehead atoms. The van der Waals surface area contributed by atoms with Crippen molar-refractivity contribution in [3.05, 3.63) is 64.7 Å². The second-order valence-corrected chi connectivity index (χ2v) is 4.53. The van der Waals surface area contributed by atoms with Gasteiger partial charge in [-0.05, 0) is 40.8 Å². The SMILES string of the molecule is O=c1c2ccccc2n2nnnc2n1-c1cccc(F)c1. The number of aromatic nitrogens is 5. The highest BCUT2D eigenvalue weighted by Crippen LogP contribution is 2.15. The summed E-state index contributed by atoms with van der Waals surface area (Å²) in [4.78, 5) is 12.7. The zero-order valence-corrected chi connectivity index (χ0v) is 10.6. The molecule has 7 heteroatoms. The molecule has 0 amide bonds. The highest BCUT2D eigenvalue weighted by atomic mass is 19.1. The van der Waals surface area contributed by atoms with Crippen LogP contribution in [0.15, 0.2) is 53.3 Å². The molecule has 0 aliphatic heterocycles. The Balaban J connectivity index is 2.24. The molecule has 4 aromatic rings. The summed E-state index contributed by atoms with van der Waals surface area (Å²) in [5.74, 6) is -0.192. The van der Waals surface area contributed by atoms with Crippen molar-refractivity contribution in [3.8, 4) is 5.69 Å². The van der Waals surface area contributed by atoms with Gasteiger partial charge in [0.25, 0.3) is 11.3 Å². The number of para-hydroxylation sites is 1. The molecule has 0 aliphatic carbocycles. The highest BCUT2D eigenvalue weighted by molar-refractivity contribution is 5.80. The van der Waals surface area contributed by atoms with E-state index < -0.39 is 5.82 Å². The van der Waals surface area contributed by atoms with Gasteiger partial charge in [-0.2, -0.15) is 4.52 Å². The van der Waals surface area contributed by atoms with Gasteiger partial charge in [0.2, 0.25) is 0 Å². The first-order valence-corrected chi connectivity index (χ1v) is 6.23. The van der Waals surface area contributed by atoms with E-state index in [1.54, 1.807) is 30.3 Å². The summed E-state index contributed by atoms with van der Waals surface area (Å²) < 4.78 is 16.2. The molecule has 21 heavy (non-hydrogen) atoms. The summed E-state index contributed by atoms with van der Waals surface area (Å²) in [5.41, 5.74) is 0.694. The molecule has 2 heterocycles. The van der Waals surface area contributed by atoms with Gasteiger partial charge in [0.15, 0.2) is 0 Å². The van der Waals surface area contributed by atoms with Gasteiger partial charge in [0.1, 0.15) is 5.82 Å². The van der Waals surface area contributed by atoms with Crippen molar-refractivity contribution in [2.45, 2.75) is 0 Å². The minimum atomic E-state index is -0.432. The van der Waals surface area contributed by atoms with Crippen LogP contribution in [0.3, 0.4) is 0 Å². The van der Waals surface area contributed by atoms with E-state index in [4.69, 9.17) is 0 Å². The molecule has 102 valence electrons. The number of hydrogen-bond donors (Lipinski definition) is 0. The standard InChI is InChI=1S/C14H8FN5O/c15-9-4-3-5-10(8-9)19-13(21)11-6-1-2-7-12(11)20-14(19)16-17-18-20/h1-8H. The van der Waals surface area contributed by atoms with Crippen LogP contribution in [0, 0.1) is 5.82 Å². The topological polar surface area (TPSA) is 65.1 Å². The fraction of sp³-hybridized carbons (Fsp3) is 0. The van der Waals surface area contributed by atoms with Crippen LogP contribution in [0.25, 0.3) is 22.4 Å². The van der Waals surface area contributed by atoms with Crippen LogP contribution in [-0.2, 0) is 0 Å². The summed E-state index contributed by atoms with van der Waals surface area (Å²) >= 11 is 0. The van der Waals surface area contributed by atoms with Gasteiger partial charge < -0.3 is 0 Å². The Labute approximate surface area is 117 Å². The van der Waals surface area contributed by atoms with E-state index in [0.29, 0.717) is 16.6 Å². The van der Waals surface area contributed by atoms with E-state index in [-0.39, 0.29) is 11.3 Å². The maximum atomic E-state index is 13.5. The van der Waals surface area contributed by atoms with Gasteiger partial charge in [-0.3, -0.25) is 4.79 Å². The molecule has 0 unspecified atom stereocenters. The lowest BCUT2D eigenvalue weighted by atomic mass is 10.2. The molecular weight excluding hydrogens is 273 g/mol. The maximum absolute atomic E-state index is 13.5. The number of fused-ring (bicyclic) bond motifs is 3. The van der Waals surface area contributed by atoms with E-state index in [2.05, 4.69) is 15.5 Å². The number of nitrogens with zero attached hydrogens (tertiary/aromatic N) is 5. The van der Waals surface area contributed by atoms with Gasteiger partial charge >= 0.3 is 0 Å². The lowest BCUT2D eigenvalue weighted by Crippen LogP contribution is -2.22. The molecule has 0 radical (unpaired) electrons. The van der Waals surface area contributed by atoms with Crippen molar-refractivity contribution in [2.75, 3.05) is 0 Å². The largest absolute Gasteiger partial charge is 0.268 e. The lowest BCUT2D eigenvalue weighted by molar-refractivity contribution is 0.626. The zero-order chi connectivity index (χ0) is 14.4. The first kappa shape index (κ1) is 11.7. The van der Waals surface area contributed by atoms with E-state index in [0.717, 1.165) is 0 Å². The maximum Gasteiger partial charge on any atom is 0.267 e. The highest BCUT2D eigenvalue weighted by Gasteiger charge is 2.14. The third-order valence-electron chi connectivity index (χ3n) is 3.29. The number of halogens is 1. The summed E-state index contributed by atoms with van der Waals surface area (Å²) in [6.07, 6.45) is 0. The zero-order valence-electron chi connectivity index (χ0n) is 10.6. The van der Waals surface area contributed by atoms with Crippen LogP contribution in [0.5, 0.6) is 0 Å². The van der Waals surface area contributed by atoms with Crippen LogP contribution in [-0.4, -0.2) is 24.6 Å². The van der Waals surface area contributed by atoms with Crippen LogP contribution >= 0.6 is 0 Å². The Hall–Kier alpha value is -3.09. The van der Waals surface area contributed by atoms with Gasteiger partial charge in [0, 0.05) is 0 Å². The van der Waals surface area contributed by atoms with Crippen molar-refractivity contribution in [1.82, 2.24) is 24.6 Å². The Bertz CT molecular complexity index is 1040. The van der Waals surface area contributed by atoms with Crippen LogP contribution < -0.4 is 5.56 Å². The lowest BCUT2D eigenvalue weighted by Gasteiger charge is -2.08. The molecule has 0 fully saturated rings. The Morgan fingerprint density at radius 1 is 1.05 bits per heavy atom. The number of hydrogen-bond acceptors (Lipinski definition) is 4. The van der Waals surface area contributed by atoms with E-state index >= 15 is 0 Å². The number of rotatable bonds is 1. The number of benzene rings is 2. The third-order valence-corrected chi connectivity index (χ3v) is 3.29. The van der Waals surface area contributed by atoms with Crippen molar-refractivity contribution in [1.29, 1.82) is 0 Å². The molecule has 6 nitrogen and oxygen atoms in total. The summed E-state index contributed by atoms with van der Waals surface area (Å²) in [7, 11) is 0. The van der Waals surface area contributed by atoms with Crippen molar-refractivity contribution in [2.24, 2.45) is 0 Å². The van der Waals surface area contributed by atoms with Gasteiger partial charge in [0.05, 0.1) is 16.6 Å². The van der Waals surface area contributed by atoms with E-state index in [1.807, 2.05) is 0 Å². The predicted octanol–water partition coefficient (Wildman–Crippen LogP) is 1.57. The van der Waals surface area contributed by atoms with Crippen LogP contribution in [0.2, 0.25) is 0 Å². The number of tetrazole rings is 1. The minimum absolute atomic E-state index is 0.240. The molecule has 0 saturated heterocycles. The van der Waals surface area contributed by atoms with Crippen LogP contribution in [0.4, 0.5) is 4.39 Å². The minimum Gasteiger partial charge on any atom is -0.268 e. The Kier molecular flexibility index (Phi) is 2.34. The summed E-state index contributed by atoms with van der Waals surface area (Å²) in [6, 6.07) is 12.8.